The molecule has 1 fully saturated rings. The van der Waals surface area contributed by atoms with Crippen molar-refractivity contribution >= 4 is 28.2 Å². The maximum Gasteiger partial charge on any atom is 0.270 e. The van der Waals surface area contributed by atoms with Gasteiger partial charge in [0.25, 0.3) is 5.69 Å². The van der Waals surface area contributed by atoms with E-state index in [-0.39, 0.29) is 5.69 Å². The number of aromatic nitrogens is 2. The number of anilines is 2. The van der Waals surface area contributed by atoms with Gasteiger partial charge in [0.15, 0.2) is 0 Å². The quantitative estimate of drug-likeness (QED) is 0.511. The first-order chi connectivity index (χ1) is 14.5. The molecule has 0 amide bonds. The Hall–Kier alpha value is -3.77. The van der Waals surface area contributed by atoms with Gasteiger partial charge in [-0.15, -0.1) is 0 Å². The van der Waals surface area contributed by atoms with E-state index in [1.807, 2.05) is 18.3 Å². The average molecular weight is 403 g/mol. The van der Waals surface area contributed by atoms with Crippen molar-refractivity contribution in [2.45, 2.75) is 6.54 Å². The molecule has 0 unspecified atom stereocenters. The molecule has 9 nitrogen and oxygen atoms in total. The van der Waals surface area contributed by atoms with E-state index >= 15 is 0 Å². The van der Waals surface area contributed by atoms with Gasteiger partial charge in [0.2, 0.25) is 0 Å². The Labute approximate surface area is 173 Å². The molecule has 0 radical (unpaired) electrons. The summed E-state index contributed by atoms with van der Waals surface area (Å²) in [5.74, 6) is 1.51. The Morgan fingerprint density at radius 3 is 2.67 bits per heavy atom. The molecule has 9 heteroatoms. The van der Waals surface area contributed by atoms with Gasteiger partial charge in [0, 0.05) is 56.4 Å². The minimum Gasteiger partial charge on any atom is -0.366 e. The van der Waals surface area contributed by atoms with E-state index < -0.39 is 4.92 Å². The Morgan fingerprint density at radius 1 is 1.20 bits per heavy atom. The molecule has 30 heavy (non-hydrogen) atoms. The number of nitro groups is 1. The maximum absolute atomic E-state index is 11.0. The van der Waals surface area contributed by atoms with Crippen LogP contribution in [0.3, 0.4) is 0 Å². The van der Waals surface area contributed by atoms with Gasteiger partial charge < -0.3 is 15.1 Å². The van der Waals surface area contributed by atoms with Gasteiger partial charge in [-0.3, -0.25) is 10.1 Å². The maximum atomic E-state index is 11.0. The second kappa shape index (κ2) is 8.31. The van der Waals surface area contributed by atoms with Gasteiger partial charge in [0.1, 0.15) is 11.6 Å². The molecule has 152 valence electrons. The fraction of sp³-hybridized carbons (Fsp3) is 0.286. The highest BCUT2D eigenvalue weighted by Gasteiger charge is 2.15. The molecule has 0 aliphatic carbocycles. The summed E-state index contributed by atoms with van der Waals surface area (Å²) in [6.07, 6.45) is 1.84. The van der Waals surface area contributed by atoms with E-state index in [2.05, 4.69) is 38.2 Å². The number of piperazine rings is 1. The summed E-state index contributed by atoms with van der Waals surface area (Å²) >= 11 is 0. The minimum atomic E-state index is -0.481. The van der Waals surface area contributed by atoms with E-state index in [9.17, 15) is 15.4 Å². The lowest BCUT2D eigenvalue weighted by Crippen LogP contribution is -2.44. The Kier molecular flexibility index (Phi) is 5.41. The monoisotopic (exact) mass is 403 g/mol. The number of likely N-dealkylation sites (N-methyl/N-ethyl adjacent to an activating group) is 1. The largest absolute Gasteiger partial charge is 0.366 e. The molecule has 1 aliphatic heterocycles. The highest BCUT2D eigenvalue weighted by molar-refractivity contribution is 5.88. The van der Waals surface area contributed by atoms with E-state index in [0.29, 0.717) is 28.8 Å². The van der Waals surface area contributed by atoms with Gasteiger partial charge in [-0.25, -0.2) is 9.97 Å². The van der Waals surface area contributed by atoms with E-state index in [4.69, 9.17) is 0 Å². The van der Waals surface area contributed by atoms with Crippen LogP contribution in [-0.4, -0.2) is 53.0 Å². The number of non-ortho nitro benzene ring substituents is 1. The van der Waals surface area contributed by atoms with Crippen LogP contribution in [0.4, 0.5) is 17.3 Å². The zero-order valence-corrected chi connectivity index (χ0v) is 16.6. The summed E-state index contributed by atoms with van der Waals surface area (Å²) in [5.41, 5.74) is 1.81. The smallest absolute Gasteiger partial charge is 0.270 e. The molecule has 3 heterocycles. The van der Waals surface area contributed by atoms with Crippen molar-refractivity contribution in [2.75, 3.05) is 43.4 Å². The lowest BCUT2D eigenvalue weighted by Gasteiger charge is -2.33. The van der Waals surface area contributed by atoms with Crippen molar-refractivity contribution in [3.05, 3.63) is 63.8 Å². The van der Waals surface area contributed by atoms with E-state index in [1.54, 1.807) is 12.1 Å². The number of hydrogen-bond donors (Lipinski definition) is 1. The highest BCUT2D eigenvalue weighted by Crippen LogP contribution is 2.25. The fourth-order valence-corrected chi connectivity index (χ4v) is 3.45. The number of fused-ring (bicyclic) bond motifs is 1. The SMILES string of the molecule is CN1CCN(c2ccc(CNc3cc(C#N)c4cc([N+](=O)[O-])ccc4n3)cn2)CC1. The average Bonchev–Trinajstić information content (AvgIpc) is 2.77. The van der Waals surface area contributed by atoms with Gasteiger partial charge in [-0.2, -0.15) is 5.26 Å². The van der Waals surface area contributed by atoms with E-state index in [0.717, 1.165) is 37.6 Å². The molecular weight excluding hydrogens is 382 g/mol. The molecule has 3 aromatic rings. The molecule has 1 aromatic carbocycles. The minimum absolute atomic E-state index is 0.0620. The first-order valence-corrected chi connectivity index (χ1v) is 9.65. The normalized spacial score (nSPS) is 14.5. The number of nitro benzene ring substituents is 1. The van der Waals surface area contributed by atoms with Crippen molar-refractivity contribution in [3.8, 4) is 6.07 Å². The molecule has 1 N–H and O–H groups in total. The number of rotatable bonds is 5. The third kappa shape index (κ3) is 4.14. The van der Waals surface area contributed by atoms with Crippen LogP contribution in [0.5, 0.6) is 0 Å². The predicted molar refractivity (Wildman–Crippen MR) is 114 cm³/mol. The summed E-state index contributed by atoms with van der Waals surface area (Å²) in [4.78, 5) is 24.2. The van der Waals surface area contributed by atoms with Crippen molar-refractivity contribution in [3.63, 3.8) is 0 Å². The molecule has 1 aliphatic rings. The predicted octanol–water partition coefficient (Wildman–Crippen LogP) is 2.77. The number of hydrogen-bond acceptors (Lipinski definition) is 8. The molecule has 0 bridgehead atoms. The third-order valence-electron chi connectivity index (χ3n) is 5.23. The lowest BCUT2D eigenvalue weighted by molar-refractivity contribution is -0.384. The topological polar surface area (TPSA) is 111 Å². The first kappa shape index (κ1) is 19.5. The van der Waals surface area contributed by atoms with Crippen molar-refractivity contribution in [1.29, 1.82) is 5.26 Å². The number of benzene rings is 1. The highest BCUT2D eigenvalue weighted by atomic mass is 16.6. The summed E-state index contributed by atoms with van der Waals surface area (Å²) in [7, 11) is 2.12. The van der Waals surface area contributed by atoms with Gasteiger partial charge in [0.05, 0.1) is 22.1 Å². The molecule has 0 atom stereocenters. The van der Waals surface area contributed by atoms with Crippen LogP contribution >= 0.6 is 0 Å². The lowest BCUT2D eigenvalue weighted by atomic mass is 10.1. The molecule has 2 aromatic heterocycles. The van der Waals surface area contributed by atoms with Gasteiger partial charge in [-0.1, -0.05) is 6.07 Å². The van der Waals surface area contributed by atoms with Crippen LogP contribution < -0.4 is 10.2 Å². The molecule has 0 saturated carbocycles. The van der Waals surface area contributed by atoms with Crippen LogP contribution in [0.25, 0.3) is 10.9 Å². The van der Waals surface area contributed by atoms with Gasteiger partial charge >= 0.3 is 0 Å². The van der Waals surface area contributed by atoms with Crippen LogP contribution in [0.15, 0.2) is 42.6 Å². The Balaban J connectivity index is 1.47. The van der Waals surface area contributed by atoms with Crippen LogP contribution in [0.1, 0.15) is 11.1 Å². The summed E-state index contributed by atoms with van der Waals surface area (Å²) in [6, 6.07) is 12.1. The second-order valence-corrected chi connectivity index (χ2v) is 7.29. The van der Waals surface area contributed by atoms with E-state index in [1.165, 1.54) is 12.1 Å². The van der Waals surface area contributed by atoms with Crippen molar-refractivity contribution in [1.82, 2.24) is 14.9 Å². The number of nitrogens with zero attached hydrogens (tertiary/aromatic N) is 6. The third-order valence-corrected chi connectivity index (χ3v) is 5.23. The Morgan fingerprint density at radius 2 is 2.00 bits per heavy atom. The van der Waals surface area contributed by atoms with Crippen LogP contribution in [-0.2, 0) is 6.54 Å². The summed E-state index contributed by atoms with van der Waals surface area (Å²) in [5, 5.41) is 24.1. The Bertz CT molecular complexity index is 1120. The fourth-order valence-electron chi connectivity index (χ4n) is 3.45. The van der Waals surface area contributed by atoms with Crippen molar-refractivity contribution < 1.29 is 4.92 Å². The molecular formula is C21H21N7O2. The zero-order valence-electron chi connectivity index (χ0n) is 16.6. The molecule has 0 spiro atoms. The van der Waals surface area contributed by atoms with Crippen molar-refractivity contribution in [2.24, 2.45) is 0 Å². The zero-order chi connectivity index (χ0) is 21.1. The number of nitrogens with one attached hydrogen (secondary N) is 1. The summed E-state index contributed by atoms with van der Waals surface area (Å²) < 4.78 is 0. The number of pyridine rings is 2. The van der Waals surface area contributed by atoms with Crippen LogP contribution in [0.2, 0.25) is 0 Å². The first-order valence-electron chi connectivity index (χ1n) is 9.65. The van der Waals surface area contributed by atoms with Crippen LogP contribution in [0, 0.1) is 21.4 Å². The standard InChI is InChI=1S/C21H21N7O2/c1-26-6-8-27(9-7-26)21-5-2-15(14-24-21)13-23-20-10-16(12-22)18-11-17(28(29)30)3-4-19(18)25-20/h2-5,10-11,14H,6-9,13H2,1H3,(H,23,25). The number of nitriles is 1. The molecule has 1 saturated heterocycles. The second-order valence-electron chi connectivity index (χ2n) is 7.29. The summed E-state index contributed by atoms with van der Waals surface area (Å²) in [6.45, 7) is 4.51. The molecule has 4 rings (SSSR count). The van der Waals surface area contributed by atoms with Gasteiger partial charge in [-0.05, 0) is 30.8 Å².